The molecule has 1 aliphatic heterocycles. The summed E-state index contributed by atoms with van der Waals surface area (Å²) in [6.07, 6.45) is 3.01. The van der Waals surface area contributed by atoms with Crippen molar-refractivity contribution in [3.8, 4) is 0 Å². The fourth-order valence-corrected chi connectivity index (χ4v) is 17.7. The molecule has 5 aromatic carbocycles. The van der Waals surface area contributed by atoms with Crippen LogP contribution < -0.4 is 47.4 Å². The fraction of sp³-hybridized carbons (Fsp3) is 0.563. The van der Waals surface area contributed by atoms with Gasteiger partial charge in [-0.05, 0) is 189 Å². The Hall–Kier alpha value is -11.0. The number of methoxy groups -OCH3 is 1. The molecule has 141 heavy (non-hydrogen) atoms. The number of hydrogen-bond donors (Lipinski definition) is 9. The molecule has 9 N–H and O–H groups in total. The molecule has 5 amide bonds. The number of aromatic nitrogens is 3. The number of ether oxygens (including phenoxy) is 5. The quantitative estimate of drug-likeness (QED) is 0.00328. The number of fused-ring (bicyclic) bond motifs is 1. The van der Waals surface area contributed by atoms with Gasteiger partial charge in [-0.25, -0.2) is 33.0 Å². The number of nitrogens with zero attached hydrogens (tertiary/aromatic N) is 7. The van der Waals surface area contributed by atoms with E-state index >= 15 is 0 Å². The molecular weight excluding hydrogens is 1830 g/mol. The van der Waals surface area contributed by atoms with Crippen LogP contribution in [0, 0.1) is 20.8 Å². The van der Waals surface area contributed by atoms with Gasteiger partial charge in [0.1, 0.15) is 46.2 Å². The number of carbonyl (C=O) groups is 9. The highest BCUT2D eigenvalue weighted by Gasteiger charge is 2.41. The van der Waals surface area contributed by atoms with Gasteiger partial charge < -0.3 is 65.3 Å². The van der Waals surface area contributed by atoms with Gasteiger partial charge in [0.15, 0.2) is 0 Å². The number of amides is 5. The first-order chi connectivity index (χ1) is 66.5. The summed E-state index contributed by atoms with van der Waals surface area (Å²) >= 11 is 0. The summed E-state index contributed by atoms with van der Waals surface area (Å²) in [7, 11) is -3.28. The molecule has 0 aliphatic carbocycles. The maximum Gasteiger partial charge on any atom is 0.325 e. The number of sulfonamides is 1. The number of anilines is 1. The number of rotatable bonds is 50. The zero-order valence-electron chi connectivity index (χ0n) is 85.7. The molecule has 1 saturated heterocycles. The molecule has 0 bridgehead atoms. The van der Waals surface area contributed by atoms with E-state index in [0.717, 1.165) is 34.9 Å². The highest BCUT2D eigenvalue weighted by Crippen LogP contribution is 2.43. The standard InChI is InChI=1S/C103H151N15O22S/c1-72-62-73(2)92(74(3)63-72)141(130,131)112-83(96(129)132-19)68-108-93(126)80-69-117(84-64-75(38-39-79(84)91(80)125)67-109-97-107-45-47-118(97)103(76-32-23-20-24-33-76,77-34-25-21-26-35-77)78-36-27-22-28-37-78)46-29-42-104-85(119)40-41-86(120)105-43-30-58-133-59-31-44-106-94(127)81(65-88(122)136-98(4,5)6)111-95(128)82(66-89(123)137-99(7,8)9)110-87(121)70-115-52-50-113(56-60-134-139-101(13,14)15)48-49-114(57-61-135-140-102(16,17)18)51-53-116(55-54-115)71-90(124)138-100(10,11)12/h20-28,32-39,45,47,62-64,69,81-83,87,110,112,121H,29-31,40-44,46,48-61,65-68,70-71H2,1-19H3,(H,104,119)(H,105,120)(H,106,127)(H,107,109)(H,108,126)(H,111,128). The van der Waals surface area contributed by atoms with Gasteiger partial charge in [0, 0.05) is 161 Å². The third-order valence-corrected chi connectivity index (χ3v) is 24.0. The maximum absolute atomic E-state index is 14.7. The number of pyridine rings is 1. The Bertz CT molecular complexity index is 5280. The van der Waals surface area contributed by atoms with Gasteiger partial charge in [0.2, 0.25) is 45.0 Å². The Morgan fingerprint density at radius 2 is 0.993 bits per heavy atom. The van der Waals surface area contributed by atoms with Crippen LogP contribution in [-0.2, 0) is 110 Å². The zero-order valence-corrected chi connectivity index (χ0v) is 86.5. The summed E-state index contributed by atoms with van der Waals surface area (Å²) in [5.41, 5.74) is 0.208. The lowest BCUT2D eigenvalue weighted by Gasteiger charge is -2.38. The minimum Gasteiger partial charge on any atom is -0.468 e. The van der Waals surface area contributed by atoms with Crippen LogP contribution in [0.2, 0.25) is 0 Å². The lowest BCUT2D eigenvalue weighted by Crippen LogP contribution is -2.57. The van der Waals surface area contributed by atoms with Crippen LogP contribution in [0.3, 0.4) is 0 Å². The number of esters is 4. The largest absolute Gasteiger partial charge is 0.468 e. The molecule has 4 unspecified atom stereocenters. The Morgan fingerprint density at radius 1 is 0.518 bits per heavy atom. The molecule has 2 aromatic heterocycles. The van der Waals surface area contributed by atoms with Gasteiger partial charge in [-0.3, -0.25) is 77.4 Å². The Balaban J connectivity index is 0.867. The number of benzene rings is 5. The molecule has 0 saturated carbocycles. The summed E-state index contributed by atoms with van der Waals surface area (Å²) < 4.78 is 61.9. The van der Waals surface area contributed by atoms with Gasteiger partial charge in [0.25, 0.3) is 5.91 Å². The summed E-state index contributed by atoms with van der Waals surface area (Å²) in [5, 5.41) is 32.4. The molecule has 37 nitrogen and oxygen atoms in total. The van der Waals surface area contributed by atoms with Gasteiger partial charge >= 0.3 is 23.9 Å². The van der Waals surface area contributed by atoms with Crippen molar-refractivity contribution in [1.29, 1.82) is 0 Å². The second-order valence-electron chi connectivity index (χ2n) is 40.3. The molecule has 38 heteroatoms. The van der Waals surface area contributed by atoms with Crippen molar-refractivity contribution in [2.45, 2.75) is 245 Å². The maximum atomic E-state index is 14.7. The van der Waals surface area contributed by atoms with Gasteiger partial charge in [0.05, 0.1) is 67.4 Å². The summed E-state index contributed by atoms with van der Waals surface area (Å²) in [6.45, 7) is 37.5. The van der Waals surface area contributed by atoms with E-state index < -0.39 is 140 Å². The SMILES string of the molecule is COC(=O)C(CNC(=O)c1cn(CCCNC(=O)CCC(=O)NCCCOCCCNC(=O)C(CC(=O)OC(C)(C)C)NC(=O)C(CC(=O)OC(C)(C)C)NC(O)CN2CCN(CCOOC(C)(C)C)CCN(CCOOC(C)(C)C)CCN(CC(=O)OC(C)(C)C)CC2)c2cc(CNc3nccn3C(c3ccccc3)(c3ccccc3)c3ccccc3)ccc2c1=O)NS(=O)(=O)c1c(C)cc(C)cc1C. The lowest BCUT2D eigenvalue weighted by atomic mass is 9.76. The van der Waals surface area contributed by atoms with E-state index in [1.807, 2.05) is 125 Å². The second kappa shape index (κ2) is 54.5. The Morgan fingerprint density at radius 3 is 1.49 bits per heavy atom. The number of aliphatic hydroxyl groups is 1. The number of nitrogens with one attached hydrogen (secondary N) is 8. The number of imidazole rings is 1. The predicted octanol–water partition coefficient (Wildman–Crippen LogP) is 8.42. The van der Waals surface area contributed by atoms with Crippen molar-refractivity contribution in [2.75, 3.05) is 144 Å². The lowest BCUT2D eigenvalue weighted by molar-refractivity contribution is -0.349. The van der Waals surface area contributed by atoms with E-state index in [2.05, 4.69) is 92.7 Å². The number of carbonyl (C=O) groups excluding carboxylic acids is 9. The number of hydrogen-bond acceptors (Lipinski definition) is 29. The predicted molar refractivity (Wildman–Crippen MR) is 535 cm³/mol. The molecule has 3 heterocycles. The van der Waals surface area contributed by atoms with Gasteiger partial charge in [-0.15, -0.1) is 0 Å². The first-order valence-corrected chi connectivity index (χ1v) is 49.8. The molecular formula is C103H151N15O22S. The first kappa shape index (κ1) is 115. The van der Waals surface area contributed by atoms with Crippen molar-refractivity contribution >= 4 is 80.3 Å². The zero-order chi connectivity index (χ0) is 103. The van der Waals surface area contributed by atoms with Crippen LogP contribution in [0.5, 0.6) is 0 Å². The van der Waals surface area contributed by atoms with E-state index in [9.17, 15) is 61.5 Å². The molecule has 0 radical (unpaired) electrons. The number of β-amino-alcohol motifs (C(OH)–C–C–N with tert-alkyl or cyclic N) is 1. The Kier molecular flexibility index (Phi) is 44.5. The van der Waals surface area contributed by atoms with E-state index in [1.165, 1.54) is 6.20 Å². The molecule has 776 valence electrons. The average Bonchev–Trinajstić information content (AvgIpc) is 1.72. The van der Waals surface area contributed by atoms with E-state index in [1.54, 1.807) is 111 Å². The minimum atomic E-state index is -4.37. The normalized spacial score (nSPS) is 14.8. The van der Waals surface area contributed by atoms with E-state index in [4.69, 9.17) is 48.2 Å². The molecule has 1 aliphatic rings. The van der Waals surface area contributed by atoms with Crippen molar-refractivity contribution in [2.24, 2.45) is 0 Å². The first-order valence-electron chi connectivity index (χ1n) is 48.3. The highest BCUT2D eigenvalue weighted by atomic mass is 32.2. The summed E-state index contributed by atoms with van der Waals surface area (Å²) in [6, 6.07) is 34.4. The van der Waals surface area contributed by atoms with Gasteiger partial charge in [-0.1, -0.05) is 115 Å². The molecule has 8 rings (SSSR count). The number of aliphatic hydroxyl groups excluding tert-OH is 1. The highest BCUT2D eigenvalue weighted by molar-refractivity contribution is 7.89. The Labute approximate surface area is 829 Å². The van der Waals surface area contributed by atoms with Crippen LogP contribution in [-0.4, -0.2) is 291 Å². The van der Waals surface area contributed by atoms with Crippen molar-refractivity contribution in [3.05, 3.63) is 195 Å². The minimum absolute atomic E-state index is 0.0234. The topological polar surface area (TPSA) is 440 Å². The van der Waals surface area contributed by atoms with Crippen LogP contribution >= 0.6 is 0 Å². The summed E-state index contributed by atoms with van der Waals surface area (Å²) in [5.74, 6) is -5.83. The van der Waals surface area contributed by atoms with Crippen LogP contribution in [0.25, 0.3) is 10.9 Å². The third kappa shape index (κ3) is 39.3. The van der Waals surface area contributed by atoms with Crippen molar-refractivity contribution in [3.63, 3.8) is 0 Å². The van der Waals surface area contributed by atoms with E-state index in [0.29, 0.717) is 101 Å². The number of aryl methyl sites for hydroxylation is 4. The fourth-order valence-electron chi connectivity index (χ4n) is 16.1. The van der Waals surface area contributed by atoms with Crippen LogP contribution in [0.15, 0.2) is 150 Å². The molecule has 0 spiro atoms. The molecule has 1 fully saturated rings. The van der Waals surface area contributed by atoms with E-state index in [-0.39, 0.29) is 113 Å². The smallest absolute Gasteiger partial charge is 0.325 e. The van der Waals surface area contributed by atoms with Gasteiger partial charge in [-0.2, -0.15) is 4.72 Å². The average molecular weight is 1980 g/mol. The molecule has 7 aromatic rings. The monoisotopic (exact) mass is 1980 g/mol. The summed E-state index contributed by atoms with van der Waals surface area (Å²) in [4.78, 5) is 174. The second-order valence-corrected chi connectivity index (χ2v) is 41.9. The molecule has 4 atom stereocenters. The van der Waals surface area contributed by atoms with Crippen LogP contribution in [0.1, 0.15) is 198 Å². The van der Waals surface area contributed by atoms with Crippen molar-refractivity contribution in [1.82, 2.24) is 70.3 Å². The van der Waals surface area contributed by atoms with Crippen LogP contribution in [0.4, 0.5) is 5.95 Å². The van der Waals surface area contributed by atoms with Crippen molar-refractivity contribution < 1.29 is 99.9 Å². The third-order valence-electron chi connectivity index (χ3n) is 22.2.